The summed E-state index contributed by atoms with van der Waals surface area (Å²) in [4.78, 5) is 0. The second kappa shape index (κ2) is 7.74. The third-order valence-electron chi connectivity index (χ3n) is 2.92. The van der Waals surface area contributed by atoms with E-state index < -0.39 is 10.0 Å². The zero-order valence-corrected chi connectivity index (χ0v) is 13.8. The molecule has 4 nitrogen and oxygen atoms in total. The van der Waals surface area contributed by atoms with Crippen LogP contribution in [0.5, 0.6) is 0 Å². The van der Waals surface area contributed by atoms with Crippen molar-refractivity contribution in [2.45, 2.75) is 45.6 Å². The Balaban J connectivity index is 2.63. The van der Waals surface area contributed by atoms with Crippen LogP contribution < -0.4 is 10.0 Å². The smallest absolute Gasteiger partial charge is 0.229 e. The van der Waals surface area contributed by atoms with Crippen molar-refractivity contribution in [3.63, 3.8) is 0 Å². The molecule has 0 radical (unpaired) electrons. The average Bonchev–Trinajstić information content (AvgIpc) is 2.31. The van der Waals surface area contributed by atoms with E-state index >= 15 is 0 Å². The molecule has 0 aliphatic rings. The summed E-state index contributed by atoms with van der Waals surface area (Å²) in [6.07, 6.45) is 5.86. The third kappa shape index (κ3) is 6.48. The Kier molecular flexibility index (Phi) is 6.62. The molecule has 0 aliphatic heterocycles. The molecule has 2 N–H and O–H groups in total. The molecule has 20 heavy (non-hydrogen) atoms. The van der Waals surface area contributed by atoms with E-state index in [1.54, 1.807) is 12.1 Å². The van der Waals surface area contributed by atoms with Crippen molar-refractivity contribution in [2.75, 3.05) is 16.3 Å². The van der Waals surface area contributed by atoms with E-state index in [1.807, 2.05) is 6.07 Å². The molecule has 1 rings (SSSR count). The van der Waals surface area contributed by atoms with Gasteiger partial charge in [-0.2, -0.15) is 0 Å². The molecule has 114 valence electrons. The summed E-state index contributed by atoms with van der Waals surface area (Å²) in [5.74, 6) is 0. The number of nitrogens with one attached hydrogen (secondary N) is 2. The van der Waals surface area contributed by atoms with Crippen molar-refractivity contribution in [2.24, 2.45) is 0 Å². The van der Waals surface area contributed by atoms with Crippen LogP contribution in [0.25, 0.3) is 0 Å². The molecule has 1 aromatic rings. The van der Waals surface area contributed by atoms with Gasteiger partial charge in [-0.15, -0.1) is 0 Å². The fourth-order valence-corrected chi connectivity index (χ4v) is 2.81. The average molecular weight is 319 g/mol. The lowest BCUT2D eigenvalue weighted by Crippen LogP contribution is -2.15. The van der Waals surface area contributed by atoms with Crippen molar-refractivity contribution in [1.82, 2.24) is 0 Å². The second-order valence-electron chi connectivity index (χ2n) is 5.11. The first-order valence-electron chi connectivity index (χ1n) is 6.85. The molecular formula is C14H23ClN2O2S. The van der Waals surface area contributed by atoms with Gasteiger partial charge in [0, 0.05) is 11.7 Å². The minimum atomic E-state index is -3.31. The number of halogens is 1. The van der Waals surface area contributed by atoms with E-state index in [0.29, 0.717) is 16.8 Å². The van der Waals surface area contributed by atoms with Crippen molar-refractivity contribution in [3.05, 3.63) is 23.2 Å². The molecule has 0 fully saturated rings. The lowest BCUT2D eigenvalue weighted by molar-refractivity contribution is 0.607. The number of sulfonamides is 1. The molecule has 0 heterocycles. The Bertz CT molecular complexity index is 532. The van der Waals surface area contributed by atoms with Gasteiger partial charge in [-0.25, -0.2) is 8.42 Å². The first-order valence-corrected chi connectivity index (χ1v) is 9.12. The first kappa shape index (κ1) is 17.1. The molecule has 1 atom stereocenters. The van der Waals surface area contributed by atoms with Gasteiger partial charge in [0.15, 0.2) is 0 Å². The minimum absolute atomic E-state index is 0.367. The van der Waals surface area contributed by atoms with Crippen molar-refractivity contribution in [1.29, 1.82) is 0 Å². The molecule has 0 saturated carbocycles. The fourth-order valence-electron chi connectivity index (χ4n) is 1.94. The van der Waals surface area contributed by atoms with Crippen LogP contribution in [0.1, 0.15) is 39.5 Å². The van der Waals surface area contributed by atoms with Gasteiger partial charge < -0.3 is 5.32 Å². The molecule has 1 aromatic carbocycles. The highest BCUT2D eigenvalue weighted by Crippen LogP contribution is 2.26. The van der Waals surface area contributed by atoms with Gasteiger partial charge in [0.25, 0.3) is 0 Å². The van der Waals surface area contributed by atoms with E-state index in [4.69, 9.17) is 11.6 Å². The zero-order valence-electron chi connectivity index (χ0n) is 12.2. The summed E-state index contributed by atoms with van der Waals surface area (Å²) < 4.78 is 24.7. The van der Waals surface area contributed by atoms with Crippen LogP contribution in [0, 0.1) is 0 Å². The summed E-state index contributed by atoms with van der Waals surface area (Å²) >= 11 is 6.08. The number of hydrogen-bond donors (Lipinski definition) is 2. The van der Waals surface area contributed by atoms with Crippen molar-refractivity contribution >= 4 is 33.0 Å². The third-order valence-corrected chi connectivity index (χ3v) is 3.82. The van der Waals surface area contributed by atoms with Crippen molar-refractivity contribution in [3.8, 4) is 0 Å². The Hall–Kier alpha value is -0.940. The Morgan fingerprint density at radius 1 is 1.30 bits per heavy atom. The summed E-state index contributed by atoms with van der Waals surface area (Å²) in [5, 5.41) is 3.76. The number of hydrogen-bond acceptors (Lipinski definition) is 3. The SMILES string of the molecule is CCCCCC(C)Nc1ccc(NS(C)(=O)=O)c(Cl)c1. The van der Waals surface area contributed by atoms with Crippen LogP contribution in [0.4, 0.5) is 11.4 Å². The van der Waals surface area contributed by atoms with Gasteiger partial charge in [-0.3, -0.25) is 4.72 Å². The summed E-state index contributed by atoms with van der Waals surface area (Å²) in [7, 11) is -3.31. The fraction of sp³-hybridized carbons (Fsp3) is 0.571. The molecule has 0 saturated heterocycles. The van der Waals surface area contributed by atoms with Crippen LogP contribution in [-0.4, -0.2) is 20.7 Å². The van der Waals surface area contributed by atoms with Gasteiger partial charge in [0.05, 0.1) is 17.0 Å². The lowest BCUT2D eigenvalue weighted by atomic mass is 10.1. The van der Waals surface area contributed by atoms with Gasteiger partial charge >= 0.3 is 0 Å². The van der Waals surface area contributed by atoms with Crippen LogP contribution in [0.3, 0.4) is 0 Å². The minimum Gasteiger partial charge on any atom is -0.383 e. The monoisotopic (exact) mass is 318 g/mol. The van der Waals surface area contributed by atoms with Crippen LogP contribution >= 0.6 is 11.6 Å². The molecule has 0 spiro atoms. The summed E-state index contributed by atoms with van der Waals surface area (Å²) in [6, 6.07) is 5.61. The highest BCUT2D eigenvalue weighted by atomic mass is 35.5. The Morgan fingerprint density at radius 2 is 2.00 bits per heavy atom. The Labute approximate surface area is 127 Å². The largest absolute Gasteiger partial charge is 0.383 e. The van der Waals surface area contributed by atoms with Gasteiger partial charge in [0.2, 0.25) is 10.0 Å². The number of benzene rings is 1. The highest BCUT2D eigenvalue weighted by molar-refractivity contribution is 7.92. The van der Waals surface area contributed by atoms with E-state index in [9.17, 15) is 8.42 Å². The molecule has 0 bridgehead atoms. The normalized spacial score (nSPS) is 13.0. The van der Waals surface area contributed by atoms with Crippen LogP contribution in [-0.2, 0) is 10.0 Å². The first-order chi connectivity index (χ1) is 9.31. The maximum Gasteiger partial charge on any atom is 0.229 e. The van der Waals surface area contributed by atoms with E-state index in [-0.39, 0.29) is 0 Å². The summed E-state index contributed by atoms with van der Waals surface area (Å²) in [6.45, 7) is 4.32. The zero-order chi connectivity index (χ0) is 15.2. The number of rotatable bonds is 8. The molecule has 1 unspecified atom stereocenters. The van der Waals surface area contributed by atoms with Crippen LogP contribution in [0.15, 0.2) is 18.2 Å². The Morgan fingerprint density at radius 3 is 2.55 bits per heavy atom. The molecule has 6 heteroatoms. The lowest BCUT2D eigenvalue weighted by Gasteiger charge is -2.16. The van der Waals surface area contributed by atoms with E-state index in [2.05, 4.69) is 23.9 Å². The molecule has 0 aromatic heterocycles. The molecular weight excluding hydrogens is 296 g/mol. The number of anilines is 2. The van der Waals surface area contributed by atoms with E-state index in [0.717, 1.165) is 18.4 Å². The maximum absolute atomic E-state index is 11.2. The molecule has 0 amide bonds. The standard InChI is InChI=1S/C14H23ClN2O2S/c1-4-5-6-7-11(2)16-12-8-9-14(13(15)10-12)17-20(3,18)19/h8-11,16-17H,4-7H2,1-3H3. The maximum atomic E-state index is 11.2. The second-order valence-corrected chi connectivity index (χ2v) is 7.27. The van der Waals surface area contributed by atoms with Crippen molar-refractivity contribution < 1.29 is 8.42 Å². The van der Waals surface area contributed by atoms with Crippen LogP contribution in [0.2, 0.25) is 5.02 Å². The molecule has 0 aliphatic carbocycles. The number of unbranched alkanes of at least 4 members (excludes halogenated alkanes) is 2. The van der Waals surface area contributed by atoms with Gasteiger partial charge in [-0.1, -0.05) is 37.8 Å². The van der Waals surface area contributed by atoms with Gasteiger partial charge in [-0.05, 0) is 31.5 Å². The van der Waals surface area contributed by atoms with Gasteiger partial charge in [0.1, 0.15) is 0 Å². The predicted octanol–water partition coefficient (Wildman–Crippen LogP) is 4.09. The quantitative estimate of drug-likeness (QED) is 0.710. The summed E-state index contributed by atoms with van der Waals surface area (Å²) in [5.41, 5.74) is 1.30. The highest BCUT2D eigenvalue weighted by Gasteiger charge is 2.08. The topological polar surface area (TPSA) is 58.2 Å². The predicted molar refractivity (Wildman–Crippen MR) is 87.1 cm³/mol. The van der Waals surface area contributed by atoms with E-state index in [1.165, 1.54) is 19.3 Å².